The van der Waals surface area contributed by atoms with Crippen molar-refractivity contribution in [1.29, 1.82) is 0 Å². The number of amidine groups is 1. The number of hydrogen-bond donors (Lipinski definition) is 2. The van der Waals surface area contributed by atoms with E-state index in [0.717, 1.165) is 92.3 Å². The number of amides is 3. The van der Waals surface area contributed by atoms with Crippen molar-refractivity contribution in [2.45, 2.75) is 116 Å². The van der Waals surface area contributed by atoms with Gasteiger partial charge in [-0.2, -0.15) is 0 Å². The number of fused-ring (bicyclic) bond motifs is 1. The van der Waals surface area contributed by atoms with Gasteiger partial charge in [0, 0.05) is 74.6 Å². The number of nitrogens with one attached hydrogen (secondary N) is 2. The van der Waals surface area contributed by atoms with Gasteiger partial charge in [0.15, 0.2) is 6.10 Å². The second kappa shape index (κ2) is 20.4. The zero-order chi connectivity index (χ0) is 46.5. The van der Waals surface area contributed by atoms with E-state index in [2.05, 4.69) is 78.9 Å². The van der Waals surface area contributed by atoms with E-state index >= 15 is 0 Å². The minimum Gasteiger partial charge on any atom is -0.481 e. The summed E-state index contributed by atoms with van der Waals surface area (Å²) in [4.78, 5) is 55.9. The van der Waals surface area contributed by atoms with E-state index in [1.165, 1.54) is 61.9 Å². The Labute approximate surface area is 395 Å². The van der Waals surface area contributed by atoms with Gasteiger partial charge in [-0.3, -0.25) is 19.8 Å². The number of piperidine rings is 2. The average Bonchev–Trinajstić information content (AvgIpc) is 3.56. The fourth-order valence-electron chi connectivity index (χ4n) is 10.4. The SMILES string of the molecule is Cc1c(N2CCC3=C(C2)N=C(Nc2ccc(N4CCC(CCC5CCCN(c6ccc(OC7CCC(=O)NC7=O)cc6)CC5)CC4)cc2)CC/C=C\3)cnc2c1N(C(=O)OC(C)(C)C)CCO2. The summed E-state index contributed by atoms with van der Waals surface area (Å²) in [6.07, 6.45) is 17.5. The maximum atomic E-state index is 13.3. The van der Waals surface area contributed by atoms with Crippen LogP contribution in [-0.4, -0.2) is 92.9 Å². The van der Waals surface area contributed by atoms with Crippen LogP contribution in [0.1, 0.15) is 103 Å². The second-order valence-corrected chi connectivity index (χ2v) is 20.1. The smallest absolute Gasteiger partial charge is 0.415 e. The molecule has 3 aromatic rings. The molecule has 14 nitrogen and oxygen atoms in total. The predicted molar refractivity (Wildman–Crippen MR) is 265 cm³/mol. The van der Waals surface area contributed by atoms with Crippen molar-refractivity contribution in [1.82, 2.24) is 10.3 Å². The Kier molecular flexibility index (Phi) is 14.1. The maximum absolute atomic E-state index is 13.3. The number of carbonyl (C=O) groups is 3. The highest BCUT2D eigenvalue weighted by molar-refractivity contribution is 6.00. The van der Waals surface area contributed by atoms with Crippen molar-refractivity contribution in [2.24, 2.45) is 16.8 Å². The van der Waals surface area contributed by atoms with Crippen LogP contribution < -0.4 is 39.7 Å². The van der Waals surface area contributed by atoms with Gasteiger partial charge in [-0.05, 0) is 139 Å². The molecule has 67 heavy (non-hydrogen) atoms. The number of rotatable bonds is 9. The van der Waals surface area contributed by atoms with Gasteiger partial charge in [-0.15, -0.1) is 0 Å². The molecule has 9 rings (SSSR count). The molecule has 0 radical (unpaired) electrons. The first-order valence-electron chi connectivity index (χ1n) is 24.7. The summed E-state index contributed by atoms with van der Waals surface area (Å²) >= 11 is 0. The van der Waals surface area contributed by atoms with Crippen LogP contribution >= 0.6 is 0 Å². The molecule has 3 saturated heterocycles. The molecule has 0 spiro atoms. The molecule has 0 bridgehead atoms. The van der Waals surface area contributed by atoms with Crippen molar-refractivity contribution < 1.29 is 28.6 Å². The largest absolute Gasteiger partial charge is 0.481 e. The Morgan fingerprint density at radius 2 is 1.54 bits per heavy atom. The fourth-order valence-corrected chi connectivity index (χ4v) is 10.4. The van der Waals surface area contributed by atoms with E-state index in [9.17, 15) is 14.4 Å². The van der Waals surface area contributed by atoms with Crippen LogP contribution in [0.4, 0.5) is 33.2 Å². The van der Waals surface area contributed by atoms with Gasteiger partial charge < -0.3 is 34.2 Å². The number of anilines is 5. The van der Waals surface area contributed by atoms with Crippen molar-refractivity contribution in [3.63, 3.8) is 0 Å². The molecular weight excluding hydrogens is 845 g/mol. The average molecular weight is 913 g/mol. The lowest BCUT2D eigenvalue weighted by Crippen LogP contribution is -2.46. The van der Waals surface area contributed by atoms with Crippen LogP contribution in [0.3, 0.4) is 0 Å². The fraction of sp³-hybridized carbons (Fsp3) is 0.528. The van der Waals surface area contributed by atoms with E-state index in [1.54, 1.807) is 4.90 Å². The maximum Gasteiger partial charge on any atom is 0.415 e. The summed E-state index contributed by atoms with van der Waals surface area (Å²) in [6.45, 7) is 14.2. The second-order valence-electron chi connectivity index (χ2n) is 20.1. The Bertz CT molecular complexity index is 2360. The summed E-state index contributed by atoms with van der Waals surface area (Å²) in [5.41, 5.74) is 7.82. The van der Waals surface area contributed by atoms with E-state index in [-0.39, 0.29) is 17.9 Å². The normalized spacial score (nSPS) is 22.3. The van der Waals surface area contributed by atoms with Crippen molar-refractivity contribution >= 4 is 52.2 Å². The number of imide groups is 1. The van der Waals surface area contributed by atoms with Gasteiger partial charge in [0.2, 0.25) is 11.8 Å². The Hall–Kier alpha value is -6.05. The highest BCUT2D eigenvalue weighted by atomic mass is 16.6. The number of nitrogens with zero attached hydrogens (tertiary/aromatic N) is 6. The number of carbonyl (C=O) groups excluding carboxylic acids is 3. The van der Waals surface area contributed by atoms with Crippen LogP contribution in [0.5, 0.6) is 11.6 Å². The third-order valence-electron chi connectivity index (χ3n) is 14.2. The first-order chi connectivity index (χ1) is 32.4. The van der Waals surface area contributed by atoms with Crippen LogP contribution in [0, 0.1) is 18.8 Å². The molecule has 2 unspecified atom stereocenters. The van der Waals surface area contributed by atoms with E-state index in [0.29, 0.717) is 49.9 Å². The molecule has 1 aromatic heterocycles. The third-order valence-corrected chi connectivity index (χ3v) is 14.2. The van der Waals surface area contributed by atoms with Crippen LogP contribution in [0.15, 0.2) is 83.1 Å². The quantitative estimate of drug-likeness (QED) is 0.199. The van der Waals surface area contributed by atoms with E-state index < -0.39 is 11.7 Å². The van der Waals surface area contributed by atoms with Crippen molar-refractivity contribution in [3.05, 3.63) is 83.7 Å². The minimum absolute atomic E-state index is 0.232. The standard InChI is InChI=1S/C53H68N8O6/c1-36-45(34-54-51-49(36)61(32-33-65-51)52(64)67-53(2,3)4)60-31-26-39-9-5-6-10-47(56-44(39)35-60)55-40-13-15-41(16-14-40)59-29-24-38(25-30-59)12-11-37-8-7-27-58(28-23-37)42-17-19-43(20-18-42)66-46-21-22-48(62)57-50(46)63/h5,9,13-20,34,37-38,46H,6-8,10-12,21-33,35H2,1-4H3,(H,55,56)(H,57,62,63)/b9-5-. The van der Waals surface area contributed by atoms with Crippen LogP contribution in [0.2, 0.25) is 0 Å². The van der Waals surface area contributed by atoms with Gasteiger partial charge in [-0.25, -0.2) is 14.8 Å². The molecule has 3 fully saturated rings. The lowest BCUT2D eigenvalue weighted by molar-refractivity contribution is -0.138. The molecule has 2 aromatic carbocycles. The van der Waals surface area contributed by atoms with Crippen molar-refractivity contribution in [3.8, 4) is 11.6 Å². The summed E-state index contributed by atoms with van der Waals surface area (Å²) in [5, 5.41) is 6.04. The van der Waals surface area contributed by atoms with Crippen molar-refractivity contribution in [2.75, 3.05) is 77.3 Å². The molecule has 3 amide bonds. The molecule has 6 aliphatic heterocycles. The molecule has 356 valence electrons. The topological polar surface area (TPSA) is 141 Å². The van der Waals surface area contributed by atoms with Gasteiger partial charge in [0.05, 0.1) is 30.7 Å². The van der Waals surface area contributed by atoms with Gasteiger partial charge >= 0.3 is 6.09 Å². The highest BCUT2D eigenvalue weighted by Crippen LogP contribution is 2.40. The number of benzene rings is 2. The predicted octanol–water partition coefficient (Wildman–Crippen LogP) is 9.34. The summed E-state index contributed by atoms with van der Waals surface area (Å²) in [6, 6.07) is 17.0. The summed E-state index contributed by atoms with van der Waals surface area (Å²) in [5.74, 6) is 3.05. The van der Waals surface area contributed by atoms with Gasteiger partial charge in [-0.1, -0.05) is 25.0 Å². The summed E-state index contributed by atoms with van der Waals surface area (Å²) in [7, 11) is 0. The number of ether oxygens (including phenoxy) is 3. The van der Waals surface area contributed by atoms with E-state index in [4.69, 9.17) is 19.2 Å². The van der Waals surface area contributed by atoms with Gasteiger partial charge in [0.1, 0.15) is 29.5 Å². The van der Waals surface area contributed by atoms with Gasteiger partial charge in [0.25, 0.3) is 5.91 Å². The molecule has 0 aliphatic carbocycles. The highest BCUT2D eigenvalue weighted by Gasteiger charge is 2.33. The monoisotopic (exact) mass is 913 g/mol. The molecule has 0 saturated carbocycles. The molecular formula is C53H68N8O6. The lowest BCUT2D eigenvalue weighted by atomic mass is 9.86. The third kappa shape index (κ3) is 11.4. The van der Waals surface area contributed by atoms with Crippen LogP contribution in [0.25, 0.3) is 0 Å². The zero-order valence-electron chi connectivity index (χ0n) is 39.9. The Morgan fingerprint density at radius 3 is 2.25 bits per heavy atom. The zero-order valence-corrected chi connectivity index (χ0v) is 39.9. The molecule has 7 heterocycles. The molecule has 6 aliphatic rings. The minimum atomic E-state index is -0.615. The van der Waals surface area contributed by atoms with E-state index in [1.807, 2.05) is 46.0 Å². The Balaban J connectivity index is 0.742. The number of aliphatic imine (C=N–C) groups is 1. The molecule has 14 heteroatoms. The first-order valence-corrected chi connectivity index (χ1v) is 24.7. The number of pyridine rings is 1. The number of aromatic nitrogens is 1. The number of allylic oxidation sites excluding steroid dienone is 2. The van der Waals surface area contributed by atoms with Crippen LogP contribution in [-0.2, 0) is 14.3 Å². The lowest BCUT2D eigenvalue weighted by Gasteiger charge is -2.36. The summed E-state index contributed by atoms with van der Waals surface area (Å²) < 4.78 is 17.6. The molecule has 2 N–H and O–H groups in total. The molecule has 2 atom stereocenters. The number of hydrogen-bond acceptors (Lipinski definition) is 12. The Morgan fingerprint density at radius 1 is 0.836 bits per heavy atom. The first kappa shape index (κ1) is 46.1.